The zero-order valence-corrected chi connectivity index (χ0v) is 13.3. The fraction of sp³-hybridized carbons (Fsp3) is 0.222. The van der Waals surface area contributed by atoms with E-state index in [9.17, 15) is 4.79 Å². The van der Waals surface area contributed by atoms with E-state index >= 15 is 0 Å². The molecular weight excluding hydrogens is 306 g/mol. The molecule has 0 radical (unpaired) electrons. The number of aryl methyl sites for hydroxylation is 1. The number of anilines is 1. The number of imidazole rings is 1. The molecule has 1 aliphatic rings. The van der Waals surface area contributed by atoms with Crippen molar-refractivity contribution in [2.24, 2.45) is 0 Å². The summed E-state index contributed by atoms with van der Waals surface area (Å²) in [6, 6.07) is 11.1. The Morgan fingerprint density at radius 2 is 2.04 bits per heavy atom. The van der Waals surface area contributed by atoms with Gasteiger partial charge in [-0.05, 0) is 24.3 Å². The fourth-order valence-electron chi connectivity index (χ4n) is 2.83. The van der Waals surface area contributed by atoms with Crippen LogP contribution in [-0.4, -0.2) is 28.5 Å². The van der Waals surface area contributed by atoms with Crippen LogP contribution in [0.1, 0.15) is 23.2 Å². The highest BCUT2D eigenvalue weighted by Gasteiger charge is 2.18. The summed E-state index contributed by atoms with van der Waals surface area (Å²) in [5.41, 5.74) is 1.87. The highest BCUT2D eigenvalue weighted by atomic mass is 16.6. The number of carbonyl (C=O) groups is 1. The molecule has 122 valence electrons. The molecule has 0 unspecified atom stereocenters. The van der Waals surface area contributed by atoms with Crippen molar-refractivity contribution in [1.29, 1.82) is 0 Å². The number of nitrogens with one attached hydrogen (secondary N) is 1. The van der Waals surface area contributed by atoms with Crippen molar-refractivity contribution >= 4 is 17.1 Å². The molecule has 4 rings (SSSR count). The average molecular weight is 323 g/mol. The van der Waals surface area contributed by atoms with Gasteiger partial charge in [-0.15, -0.1) is 0 Å². The van der Waals surface area contributed by atoms with Gasteiger partial charge in [-0.1, -0.05) is 13.0 Å². The summed E-state index contributed by atoms with van der Waals surface area (Å²) >= 11 is 0. The van der Waals surface area contributed by atoms with Gasteiger partial charge < -0.3 is 19.2 Å². The summed E-state index contributed by atoms with van der Waals surface area (Å²) in [5, 5.41) is 2.89. The van der Waals surface area contributed by atoms with E-state index in [0.717, 1.165) is 17.8 Å². The van der Waals surface area contributed by atoms with Crippen LogP contribution in [0.4, 0.5) is 5.69 Å². The van der Waals surface area contributed by atoms with E-state index in [1.54, 1.807) is 18.2 Å². The molecule has 24 heavy (non-hydrogen) atoms. The normalized spacial score (nSPS) is 13.0. The molecule has 6 nitrogen and oxygen atoms in total. The number of aromatic nitrogens is 2. The minimum atomic E-state index is -0.241. The van der Waals surface area contributed by atoms with Gasteiger partial charge in [-0.2, -0.15) is 0 Å². The highest BCUT2D eigenvalue weighted by Crippen LogP contribution is 2.32. The van der Waals surface area contributed by atoms with Crippen LogP contribution in [0.25, 0.3) is 5.52 Å². The van der Waals surface area contributed by atoms with E-state index in [1.165, 1.54) is 0 Å². The van der Waals surface area contributed by atoms with Gasteiger partial charge in [0.05, 0.1) is 5.52 Å². The monoisotopic (exact) mass is 323 g/mol. The first-order chi connectivity index (χ1) is 11.8. The largest absolute Gasteiger partial charge is 0.486 e. The Morgan fingerprint density at radius 3 is 2.88 bits per heavy atom. The van der Waals surface area contributed by atoms with Crippen LogP contribution in [0.3, 0.4) is 0 Å². The Hall–Kier alpha value is -3.02. The number of ether oxygens (including phenoxy) is 2. The number of benzene rings is 1. The van der Waals surface area contributed by atoms with Gasteiger partial charge in [-0.25, -0.2) is 4.98 Å². The highest BCUT2D eigenvalue weighted by molar-refractivity contribution is 6.07. The van der Waals surface area contributed by atoms with Crippen molar-refractivity contribution < 1.29 is 14.3 Å². The van der Waals surface area contributed by atoms with Gasteiger partial charge in [0.25, 0.3) is 5.91 Å². The van der Waals surface area contributed by atoms with Crippen LogP contribution in [0.5, 0.6) is 11.5 Å². The summed E-state index contributed by atoms with van der Waals surface area (Å²) in [4.78, 5) is 17.2. The van der Waals surface area contributed by atoms with E-state index in [1.807, 2.05) is 35.7 Å². The zero-order valence-electron chi connectivity index (χ0n) is 13.3. The Bertz CT molecular complexity index is 917. The number of nitrogens with zero attached hydrogens (tertiary/aromatic N) is 2. The Labute approximate surface area is 139 Å². The zero-order chi connectivity index (χ0) is 16.5. The van der Waals surface area contributed by atoms with Crippen molar-refractivity contribution in [2.75, 3.05) is 18.5 Å². The fourth-order valence-corrected chi connectivity index (χ4v) is 2.83. The van der Waals surface area contributed by atoms with E-state index in [-0.39, 0.29) is 5.91 Å². The van der Waals surface area contributed by atoms with Crippen LogP contribution in [0.2, 0.25) is 0 Å². The third-order valence-electron chi connectivity index (χ3n) is 3.95. The van der Waals surface area contributed by atoms with E-state index in [4.69, 9.17) is 9.47 Å². The van der Waals surface area contributed by atoms with Gasteiger partial charge in [-0.3, -0.25) is 4.79 Å². The minimum Gasteiger partial charge on any atom is -0.486 e. The smallest absolute Gasteiger partial charge is 0.276 e. The number of carbonyl (C=O) groups excluding carboxylic acids is 1. The predicted octanol–water partition coefficient (Wildman–Crippen LogP) is 2.92. The lowest BCUT2D eigenvalue weighted by Gasteiger charge is -2.18. The molecule has 3 heterocycles. The van der Waals surface area contributed by atoms with Crippen molar-refractivity contribution in [2.45, 2.75) is 13.3 Å². The van der Waals surface area contributed by atoms with Gasteiger partial charge in [0.2, 0.25) is 0 Å². The first kappa shape index (κ1) is 14.6. The number of rotatable bonds is 3. The first-order valence-electron chi connectivity index (χ1n) is 7.93. The Balaban J connectivity index is 1.65. The van der Waals surface area contributed by atoms with Crippen molar-refractivity contribution in [3.8, 4) is 11.5 Å². The lowest BCUT2D eigenvalue weighted by Crippen LogP contribution is -2.16. The lowest BCUT2D eigenvalue weighted by atomic mass is 10.2. The molecular formula is C18H17N3O3. The standard InChI is InChI=1S/C18H17N3O3/c1-2-16-20-17(13-5-3-4-8-21(13)16)18(22)19-12-6-7-14-15(11-12)24-10-9-23-14/h3-8,11H,2,9-10H2,1H3,(H,19,22). The summed E-state index contributed by atoms with van der Waals surface area (Å²) in [5.74, 6) is 1.95. The van der Waals surface area contributed by atoms with E-state index in [2.05, 4.69) is 10.3 Å². The van der Waals surface area contributed by atoms with Crippen molar-refractivity contribution in [3.63, 3.8) is 0 Å². The molecule has 0 bridgehead atoms. The first-order valence-corrected chi connectivity index (χ1v) is 7.93. The van der Waals surface area contributed by atoms with E-state index in [0.29, 0.717) is 36.1 Å². The van der Waals surface area contributed by atoms with Crippen molar-refractivity contribution in [3.05, 3.63) is 54.1 Å². The molecule has 2 aromatic heterocycles. The van der Waals surface area contributed by atoms with Crippen molar-refractivity contribution in [1.82, 2.24) is 9.38 Å². The summed E-state index contributed by atoms with van der Waals surface area (Å²) in [7, 11) is 0. The predicted molar refractivity (Wildman–Crippen MR) is 90.0 cm³/mol. The summed E-state index contributed by atoms with van der Waals surface area (Å²) in [6.45, 7) is 3.07. The molecule has 1 amide bonds. The summed E-state index contributed by atoms with van der Waals surface area (Å²) < 4.78 is 13.0. The van der Waals surface area contributed by atoms with Gasteiger partial charge in [0.15, 0.2) is 17.2 Å². The molecule has 3 aromatic rings. The molecule has 1 aliphatic heterocycles. The van der Waals surface area contributed by atoms with Crippen LogP contribution in [0, 0.1) is 0 Å². The quantitative estimate of drug-likeness (QED) is 0.805. The minimum absolute atomic E-state index is 0.241. The number of amides is 1. The number of fused-ring (bicyclic) bond motifs is 2. The molecule has 0 spiro atoms. The molecule has 6 heteroatoms. The maximum atomic E-state index is 12.7. The van der Waals surface area contributed by atoms with Gasteiger partial charge in [0, 0.05) is 24.4 Å². The third kappa shape index (κ3) is 2.46. The van der Waals surface area contributed by atoms with Gasteiger partial charge >= 0.3 is 0 Å². The maximum Gasteiger partial charge on any atom is 0.276 e. The molecule has 0 saturated heterocycles. The Morgan fingerprint density at radius 1 is 1.21 bits per heavy atom. The molecule has 1 N–H and O–H groups in total. The maximum absolute atomic E-state index is 12.7. The summed E-state index contributed by atoms with van der Waals surface area (Å²) in [6.07, 6.45) is 2.67. The molecule has 1 aromatic carbocycles. The lowest BCUT2D eigenvalue weighted by molar-refractivity contribution is 0.102. The second-order valence-electron chi connectivity index (χ2n) is 5.50. The van der Waals surface area contributed by atoms with Crippen LogP contribution < -0.4 is 14.8 Å². The average Bonchev–Trinajstić information content (AvgIpc) is 3.00. The second-order valence-corrected chi connectivity index (χ2v) is 5.50. The SMILES string of the molecule is CCc1nc(C(=O)Nc2ccc3c(c2)OCCO3)c2ccccn12. The molecule has 0 atom stereocenters. The topological polar surface area (TPSA) is 64.9 Å². The number of pyridine rings is 1. The number of hydrogen-bond acceptors (Lipinski definition) is 4. The Kier molecular flexibility index (Phi) is 3.57. The van der Waals surface area contributed by atoms with Crippen LogP contribution in [0.15, 0.2) is 42.6 Å². The van der Waals surface area contributed by atoms with Crippen LogP contribution in [-0.2, 0) is 6.42 Å². The third-order valence-corrected chi connectivity index (χ3v) is 3.95. The van der Waals surface area contributed by atoms with Crippen LogP contribution >= 0.6 is 0 Å². The second kappa shape index (κ2) is 5.88. The molecule has 0 fully saturated rings. The number of hydrogen-bond donors (Lipinski definition) is 1. The van der Waals surface area contributed by atoms with E-state index < -0.39 is 0 Å². The van der Waals surface area contributed by atoms with Gasteiger partial charge in [0.1, 0.15) is 19.0 Å². The molecule has 0 aliphatic carbocycles. The molecule has 0 saturated carbocycles.